The standard InChI is InChI=1S/C21H25FN4O4/c1-29-18-3-2-14(12-17(18)22)21(28)25-9-5-16(6-10-25)26-19(4-8-23-26)24-20(27)15-7-11-30-13-15/h2-4,8,12,15-16H,5-7,9-11,13H2,1H3,(H,24,27)/t15-/m0/s1. The van der Waals surface area contributed by atoms with Gasteiger partial charge in [0.15, 0.2) is 11.6 Å². The largest absolute Gasteiger partial charge is 0.494 e. The van der Waals surface area contributed by atoms with Gasteiger partial charge in [-0.15, -0.1) is 0 Å². The van der Waals surface area contributed by atoms with Crippen LogP contribution in [-0.2, 0) is 9.53 Å². The number of hydrogen-bond donors (Lipinski definition) is 1. The number of ether oxygens (including phenoxy) is 2. The Hall–Kier alpha value is -2.94. The van der Waals surface area contributed by atoms with Gasteiger partial charge in [-0.3, -0.25) is 9.59 Å². The van der Waals surface area contributed by atoms with Crippen LogP contribution in [-0.4, -0.2) is 59.9 Å². The molecule has 1 aromatic heterocycles. The molecule has 0 radical (unpaired) electrons. The summed E-state index contributed by atoms with van der Waals surface area (Å²) in [6.45, 7) is 2.12. The molecule has 3 heterocycles. The molecule has 2 aromatic rings. The van der Waals surface area contributed by atoms with Gasteiger partial charge in [0.25, 0.3) is 5.91 Å². The molecule has 2 amide bonds. The molecule has 160 valence electrons. The monoisotopic (exact) mass is 416 g/mol. The predicted octanol–water partition coefficient (Wildman–Crippen LogP) is 2.48. The second-order valence-electron chi connectivity index (χ2n) is 7.58. The summed E-state index contributed by atoms with van der Waals surface area (Å²) in [5.41, 5.74) is 0.303. The summed E-state index contributed by atoms with van der Waals surface area (Å²) in [5, 5.41) is 7.34. The van der Waals surface area contributed by atoms with Crippen LogP contribution in [0.4, 0.5) is 10.2 Å². The van der Waals surface area contributed by atoms with Crippen molar-refractivity contribution in [1.82, 2.24) is 14.7 Å². The first-order valence-corrected chi connectivity index (χ1v) is 10.1. The van der Waals surface area contributed by atoms with Gasteiger partial charge in [0, 0.05) is 31.3 Å². The number of amides is 2. The van der Waals surface area contributed by atoms with Gasteiger partial charge in [-0.25, -0.2) is 9.07 Å². The number of halogens is 1. The lowest BCUT2D eigenvalue weighted by atomic mass is 10.0. The minimum absolute atomic E-state index is 0.0524. The van der Waals surface area contributed by atoms with Gasteiger partial charge in [-0.2, -0.15) is 5.10 Å². The van der Waals surface area contributed by atoms with Gasteiger partial charge in [-0.1, -0.05) is 0 Å². The van der Waals surface area contributed by atoms with Crippen molar-refractivity contribution in [2.24, 2.45) is 5.92 Å². The molecular formula is C21H25FN4O4. The highest BCUT2D eigenvalue weighted by molar-refractivity contribution is 5.94. The second-order valence-corrected chi connectivity index (χ2v) is 7.58. The maximum atomic E-state index is 13.9. The molecule has 2 fully saturated rings. The molecule has 30 heavy (non-hydrogen) atoms. The highest BCUT2D eigenvalue weighted by atomic mass is 19.1. The average molecular weight is 416 g/mol. The normalized spacial score (nSPS) is 19.7. The van der Waals surface area contributed by atoms with E-state index in [4.69, 9.17) is 9.47 Å². The predicted molar refractivity (Wildman–Crippen MR) is 107 cm³/mol. The van der Waals surface area contributed by atoms with E-state index >= 15 is 0 Å². The van der Waals surface area contributed by atoms with Gasteiger partial charge >= 0.3 is 0 Å². The number of carbonyl (C=O) groups is 2. The second kappa shape index (κ2) is 8.83. The molecule has 1 N–H and O–H groups in total. The molecule has 0 bridgehead atoms. The Morgan fingerprint density at radius 2 is 2.03 bits per heavy atom. The van der Waals surface area contributed by atoms with E-state index in [1.165, 1.54) is 19.2 Å². The molecule has 1 aromatic carbocycles. The van der Waals surface area contributed by atoms with Crippen LogP contribution in [0.5, 0.6) is 5.75 Å². The molecular weight excluding hydrogens is 391 g/mol. The van der Waals surface area contributed by atoms with E-state index in [0.29, 0.717) is 50.5 Å². The van der Waals surface area contributed by atoms with Gasteiger partial charge in [0.1, 0.15) is 5.82 Å². The SMILES string of the molecule is COc1ccc(C(=O)N2CCC(n3nccc3NC(=O)[C@H]3CCOC3)CC2)cc1F. The maximum absolute atomic E-state index is 13.9. The van der Waals surface area contributed by atoms with E-state index < -0.39 is 5.82 Å². The summed E-state index contributed by atoms with van der Waals surface area (Å²) in [6, 6.07) is 6.10. The number of hydrogen-bond acceptors (Lipinski definition) is 5. The fourth-order valence-electron chi connectivity index (χ4n) is 3.97. The molecule has 8 nitrogen and oxygen atoms in total. The van der Waals surface area contributed by atoms with Crippen LogP contribution in [0.15, 0.2) is 30.5 Å². The number of nitrogens with zero attached hydrogens (tertiary/aromatic N) is 3. The lowest BCUT2D eigenvalue weighted by Gasteiger charge is -2.33. The molecule has 0 spiro atoms. The molecule has 9 heteroatoms. The van der Waals surface area contributed by atoms with Crippen molar-refractivity contribution in [3.05, 3.63) is 41.8 Å². The molecule has 1 atom stereocenters. The molecule has 2 aliphatic heterocycles. The number of benzene rings is 1. The summed E-state index contributed by atoms with van der Waals surface area (Å²) in [4.78, 5) is 26.8. The zero-order valence-corrected chi connectivity index (χ0v) is 16.8. The summed E-state index contributed by atoms with van der Waals surface area (Å²) in [7, 11) is 1.39. The Labute approximate surface area is 173 Å². The Morgan fingerprint density at radius 3 is 2.70 bits per heavy atom. The number of likely N-dealkylation sites (tertiary alicyclic amines) is 1. The van der Waals surface area contributed by atoms with E-state index in [0.717, 1.165) is 6.42 Å². The molecule has 0 unspecified atom stereocenters. The van der Waals surface area contributed by atoms with Gasteiger partial charge in [0.05, 0.1) is 31.9 Å². The maximum Gasteiger partial charge on any atom is 0.253 e. The van der Waals surface area contributed by atoms with E-state index in [9.17, 15) is 14.0 Å². The number of anilines is 1. The van der Waals surface area contributed by atoms with Crippen molar-refractivity contribution in [2.75, 3.05) is 38.7 Å². The van der Waals surface area contributed by atoms with Crippen LogP contribution >= 0.6 is 0 Å². The Bertz CT molecular complexity index is 917. The first-order valence-electron chi connectivity index (χ1n) is 10.1. The highest BCUT2D eigenvalue weighted by Gasteiger charge is 2.28. The van der Waals surface area contributed by atoms with Crippen molar-refractivity contribution in [1.29, 1.82) is 0 Å². The van der Waals surface area contributed by atoms with Crippen molar-refractivity contribution in [3.63, 3.8) is 0 Å². The van der Waals surface area contributed by atoms with Crippen LogP contribution in [0.25, 0.3) is 0 Å². The molecule has 2 saturated heterocycles. The summed E-state index contributed by atoms with van der Waals surface area (Å²) in [5.74, 6) is -0.161. The smallest absolute Gasteiger partial charge is 0.253 e. The fraction of sp³-hybridized carbons (Fsp3) is 0.476. The van der Waals surface area contributed by atoms with Gasteiger partial charge in [-0.05, 0) is 37.5 Å². The lowest BCUT2D eigenvalue weighted by Crippen LogP contribution is -2.39. The topological polar surface area (TPSA) is 85.7 Å². The van der Waals surface area contributed by atoms with E-state index in [-0.39, 0.29) is 29.5 Å². The quantitative estimate of drug-likeness (QED) is 0.809. The molecule has 2 aliphatic rings. The van der Waals surface area contributed by atoms with Crippen LogP contribution in [0, 0.1) is 11.7 Å². The Morgan fingerprint density at radius 1 is 1.23 bits per heavy atom. The summed E-state index contributed by atoms with van der Waals surface area (Å²) in [6.07, 6.45) is 3.79. The summed E-state index contributed by atoms with van der Waals surface area (Å²) < 4.78 is 25.9. The fourth-order valence-corrected chi connectivity index (χ4v) is 3.97. The first kappa shape index (κ1) is 20.3. The number of methoxy groups -OCH3 is 1. The van der Waals surface area contributed by atoms with Crippen LogP contribution in [0.3, 0.4) is 0 Å². The zero-order valence-electron chi connectivity index (χ0n) is 16.8. The number of rotatable bonds is 5. The number of aromatic nitrogens is 2. The molecule has 0 aliphatic carbocycles. The highest BCUT2D eigenvalue weighted by Crippen LogP contribution is 2.27. The van der Waals surface area contributed by atoms with Crippen LogP contribution in [0.2, 0.25) is 0 Å². The van der Waals surface area contributed by atoms with Gasteiger partial charge < -0.3 is 19.7 Å². The Kier molecular flexibility index (Phi) is 5.98. The minimum Gasteiger partial charge on any atom is -0.494 e. The van der Waals surface area contributed by atoms with Crippen molar-refractivity contribution >= 4 is 17.6 Å². The Balaban J connectivity index is 1.37. The molecule has 0 saturated carbocycles. The van der Waals surface area contributed by atoms with Crippen molar-refractivity contribution < 1.29 is 23.5 Å². The first-order chi connectivity index (χ1) is 14.6. The van der Waals surface area contributed by atoms with Gasteiger partial charge in [0.2, 0.25) is 5.91 Å². The average Bonchev–Trinajstić information content (AvgIpc) is 3.45. The minimum atomic E-state index is -0.553. The zero-order chi connectivity index (χ0) is 21.1. The van der Waals surface area contributed by atoms with Crippen molar-refractivity contribution in [3.8, 4) is 5.75 Å². The third kappa shape index (κ3) is 4.16. The van der Waals surface area contributed by atoms with E-state index in [1.54, 1.807) is 23.2 Å². The summed E-state index contributed by atoms with van der Waals surface area (Å²) >= 11 is 0. The number of carbonyl (C=O) groups excluding carboxylic acids is 2. The lowest BCUT2D eigenvalue weighted by molar-refractivity contribution is -0.119. The van der Waals surface area contributed by atoms with E-state index in [1.807, 2.05) is 4.68 Å². The van der Waals surface area contributed by atoms with Crippen LogP contribution in [0.1, 0.15) is 35.7 Å². The molecule has 4 rings (SSSR count). The third-order valence-corrected chi connectivity index (χ3v) is 5.72. The van der Waals surface area contributed by atoms with E-state index in [2.05, 4.69) is 10.4 Å². The number of nitrogens with one attached hydrogen (secondary N) is 1. The van der Waals surface area contributed by atoms with Crippen LogP contribution < -0.4 is 10.1 Å². The van der Waals surface area contributed by atoms with Crippen molar-refractivity contribution in [2.45, 2.75) is 25.3 Å². The number of piperidine rings is 1. The third-order valence-electron chi connectivity index (χ3n) is 5.72.